The summed E-state index contributed by atoms with van der Waals surface area (Å²) in [6, 6.07) is -1.19. The van der Waals surface area contributed by atoms with Crippen LogP contribution in [0, 0.1) is 0 Å². The van der Waals surface area contributed by atoms with Gasteiger partial charge in [0.1, 0.15) is 36.6 Å². The summed E-state index contributed by atoms with van der Waals surface area (Å²) in [7, 11) is 0. The molecule has 0 bridgehead atoms. The van der Waals surface area contributed by atoms with E-state index in [2.05, 4.69) is 67.8 Å². The first-order valence-corrected chi connectivity index (χ1v) is 32.5. The zero-order chi connectivity index (χ0) is 56.1. The first kappa shape index (κ1) is 73.1. The van der Waals surface area contributed by atoms with E-state index in [0.29, 0.717) is 19.3 Å². The lowest BCUT2D eigenvalue weighted by molar-refractivity contribution is -0.303. The molecule has 1 fully saturated rings. The minimum absolute atomic E-state index is 0.246. The summed E-state index contributed by atoms with van der Waals surface area (Å²) in [5, 5.41) is 76.2. The molecule has 1 rings (SSSR count). The number of unbranched alkanes of at least 4 members (excludes halogenated alkanes) is 36. The smallest absolute Gasteiger partial charge is 0.249 e. The van der Waals surface area contributed by atoms with Crippen LogP contribution in [0.15, 0.2) is 48.6 Å². The number of hydrogen-bond acceptors (Lipinski definition) is 10. The van der Waals surface area contributed by atoms with Crippen molar-refractivity contribution in [2.24, 2.45) is 0 Å². The molecule has 11 heteroatoms. The molecule has 1 heterocycles. The fourth-order valence-corrected chi connectivity index (χ4v) is 10.3. The van der Waals surface area contributed by atoms with E-state index in [-0.39, 0.29) is 12.8 Å². The van der Waals surface area contributed by atoms with Crippen molar-refractivity contribution in [1.29, 1.82) is 0 Å². The molecule has 0 aromatic heterocycles. The van der Waals surface area contributed by atoms with Crippen molar-refractivity contribution in [2.45, 2.75) is 351 Å². The van der Waals surface area contributed by atoms with Gasteiger partial charge in [0, 0.05) is 0 Å². The topological polar surface area (TPSA) is 189 Å². The Kier molecular flexibility index (Phi) is 51.9. The number of hydrogen-bond donors (Lipinski definition) is 8. The van der Waals surface area contributed by atoms with Gasteiger partial charge in [0.15, 0.2) is 6.29 Å². The van der Waals surface area contributed by atoms with Crippen LogP contribution < -0.4 is 5.32 Å². The number of allylic oxidation sites excluding steroid dienone is 8. The maximum atomic E-state index is 13.2. The van der Waals surface area contributed by atoms with Gasteiger partial charge in [-0.1, -0.05) is 262 Å². The number of carbonyl (C=O) groups excluding carboxylic acids is 1. The van der Waals surface area contributed by atoms with Gasteiger partial charge in [0.25, 0.3) is 0 Å². The van der Waals surface area contributed by atoms with E-state index < -0.39 is 74.2 Å². The van der Waals surface area contributed by atoms with Gasteiger partial charge in [-0.2, -0.15) is 0 Å². The average molecular weight is 1090 g/mol. The highest BCUT2D eigenvalue weighted by molar-refractivity contribution is 5.80. The van der Waals surface area contributed by atoms with Crippen LogP contribution in [0.1, 0.15) is 296 Å². The quantitative estimate of drug-likeness (QED) is 0.0215. The van der Waals surface area contributed by atoms with Crippen molar-refractivity contribution in [2.75, 3.05) is 13.2 Å². The fraction of sp³-hybridized carbons (Fsp3) is 0.864. The third kappa shape index (κ3) is 42.6. The lowest BCUT2D eigenvalue weighted by Gasteiger charge is -2.40. The van der Waals surface area contributed by atoms with Crippen LogP contribution in [0.5, 0.6) is 0 Å². The highest BCUT2D eigenvalue weighted by atomic mass is 16.7. The molecule has 0 radical (unpaired) electrons. The zero-order valence-corrected chi connectivity index (χ0v) is 49.7. The second kappa shape index (κ2) is 54.6. The number of aliphatic hydroxyl groups excluding tert-OH is 7. The van der Waals surface area contributed by atoms with E-state index in [1.54, 1.807) is 0 Å². The molecule has 11 nitrogen and oxygen atoms in total. The highest BCUT2D eigenvalue weighted by Crippen LogP contribution is 2.23. The molecule has 0 saturated carbocycles. The zero-order valence-electron chi connectivity index (χ0n) is 49.7. The van der Waals surface area contributed by atoms with Crippen LogP contribution in [-0.4, -0.2) is 110 Å². The minimum Gasteiger partial charge on any atom is -0.394 e. The Bertz CT molecular complexity index is 1390. The Morgan fingerprint density at radius 1 is 0.455 bits per heavy atom. The van der Waals surface area contributed by atoms with Gasteiger partial charge in [-0.05, 0) is 83.5 Å². The van der Waals surface area contributed by atoms with Crippen LogP contribution >= 0.6 is 0 Å². The number of amides is 1. The van der Waals surface area contributed by atoms with Gasteiger partial charge in [-0.25, -0.2) is 0 Å². The van der Waals surface area contributed by atoms with Crippen molar-refractivity contribution in [3.8, 4) is 0 Å². The van der Waals surface area contributed by atoms with E-state index in [4.69, 9.17) is 9.47 Å². The molecule has 8 N–H and O–H groups in total. The molecule has 1 aliphatic heterocycles. The fourth-order valence-electron chi connectivity index (χ4n) is 10.3. The molecule has 1 amide bonds. The van der Waals surface area contributed by atoms with E-state index in [9.17, 15) is 40.5 Å². The number of carbonyl (C=O) groups is 1. The Morgan fingerprint density at radius 3 is 1.23 bits per heavy atom. The number of aliphatic hydroxyl groups is 7. The molecule has 452 valence electrons. The van der Waals surface area contributed by atoms with Gasteiger partial charge in [-0.3, -0.25) is 4.79 Å². The van der Waals surface area contributed by atoms with Crippen molar-refractivity contribution >= 4 is 5.91 Å². The molecule has 1 aliphatic rings. The SMILES string of the molecule is CCCCCCCCCCC/C=C\C/C=C\CCCCCCCCCCCCCCCCCCC(O)C(=O)NC(COC1OC(CO)C(O)C(O)C1O)C(O)C(O)CCC/C=C/CC/C=C/CCCCCCCCCCC. The predicted octanol–water partition coefficient (Wildman–Crippen LogP) is 14.8. The highest BCUT2D eigenvalue weighted by Gasteiger charge is 2.44. The third-order valence-corrected chi connectivity index (χ3v) is 15.6. The molecule has 9 atom stereocenters. The molecule has 9 unspecified atom stereocenters. The lowest BCUT2D eigenvalue weighted by Crippen LogP contribution is -2.60. The van der Waals surface area contributed by atoms with Crippen LogP contribution in [0.3, 0.4) is 0 Å². The second-order valence-electron chi connectivity index (χ2n) is 22.8. The summed E-state index contributed by atoms with van der Waals surface area (Å²) in [5.74, 6) is -0.708. The van der Waals surface area contributed by atoms with Crippen molar-refractivity contribution < 1.29 is 50.0 Å². The Hall–Kier alpha value is -1.93. The molecule has 0 spiro atoms. The van der Waals surface area contributed by atoms with E-state index in [1.807, 2.05) is 0 Å². The molecular weight excluding hydrogens is 967 g/mol. The summed E-state index contributed by atoms with van der Waals surface area (Å²) in [4.78, 5) is 13.2. The number of nitrogens with one attached hydrogen (secondary N) is 1. The van der Waals surface area contributed by atoms with Crippen LogP contribution in [0.2, 0.25) is 0 Å². The van der Waals surface area contributed by atoms with E-state index in [1.165, 1.54) is 205 Å². The van der Waals surface area contributed by atoms with E-state index in [0.717, 1.165) is 44.9 Å². The number of rotatable bonds is 56. The van der Waals surface area contributed by atoms with Gasteiger partial charge in [-0.15, -0.1) is 0 Å². The maximum absolute atomic E-state index is 13.2. The standard InChI is InChI=1S/C66H123NO10/c1-3-5-7-9-11-13-15-17-19-21-23-24-25-26-27-28-29-30-31-32-33-34-35-36-38-40-42-44-46-48-50-52-54-59(70)65(75)67-57(56-76-66-64(74)63(73)62(72)60(55-68)77-66)61(71)58(69)53-51-49-47-45-43-41-39-37-22-20-18-16-14-12-10-8-6-4-2/h23-24,26-27,37,39,45,47,57-64,66,68-74H,3-22,25,28-36,38,40-44,46,48-56H2,1-2H3,(H,67,75)/b24-23-,27-26-,39-37+,47-45+. The van der Waals surface area contributed by atoms with E-state index >= 15 is 0 Å². The van der Waals surface area contributed by atoms with Crippen molar-refractivity contribution in [1.82, 2.24) is 5.32 Å². The Balaban J connectivity index is 2.22. The van der Waals surface area contributed by atoms with Gasteiger partial charge < -0.3 is 50.5 Å². The predicted molar refractivity (Wildman–Crippen MR) is 321 cm³/mol. The monoisotopic (exact) mass is 1090 g/mol. The van der Waals surface area contributed by atoms with Crippen LogP contribution in [0.25, 0.3) is 0 Å². The first-order chi connectivity index (χ1) is 37.7. The summed E-state index contributed by atoms with van der Waals surface area (Å²) < 4.78 is 11.1. The summed E-state index contributed by atoms with van der Waals surface area (Å²) >= 11 is 0. The normalized spacial score (nSPS) is 19.8. The van der Waals surface area contributed by atoms with Gasteiger partial charge >= 0.3 is 0 Å². The second-order valence-corrected chi connectivity index (χ2v) is 22.8. The van der Waals surface area contributed by atoms with Gasteiger partial charge in [0.2, 0.25) is 5.91 Å². The van der Waals surface area contributed by atoms with Crippen molar-refractivity contribution in [3.63, 3.8) is 0 Å². The minimum atomic E-state index is -1.67. The molecular formula is C66H123NO10. The summed E-state index contributed by atoms with van der Waals surface area (Å²) in [6.45, 7) is 3.46. The Morgan fingerprint density at radius 2 is 0.818 bits per heavy atom. The lowest BCUT2D eigenvalue weighted by atomic mass is 9.98. The summed E-state index contributed by atoms with van der Waals surface area (Å²) in [5.41, 5.74) is 0. The largest absolute Gasteiger partial charge is 0.394 e. The summed E-state index contributed by atoms with van der Waals surface area (Å²) in [6.07, 6.45) is 59.0. The third-order valence-electron chi connectivity index (χ3n) is 15.6. The maximum Gasteiger partial charge on any atom is 0.249 e. The van der Waals surface area contributed by atoms with Crippen molar-refractivity contribution in [3.05, 3.63) is 48.6 Å². The molecule has 77 heavy (non-hydrogen) atoms. The van der Waals surface area contributed by atoms with Crippen LogP contribution in [0.4, 0.5) is 0 Å². The first-order valence-electron chi connectivity index (χ1n) is 32.5. The molecule has 1 saturated heterocycles. The van der Waals surface area contributed by atoms with Gasteiger partial charge in [0.05, 0.1) is 25.4 Å². The number of ether oxygens (including phenoxy) is 2. The van der Waals surface area contributed by atoms with Crippen LogP contribution in [-0.2, 0) is 14.3 Å². The Labute approximate surface area is 472 Å². The average Bonchev–Trinajstić information content (AvgIpc) is 3.43. The molecule has 0 aromatic rings. The molecule has 0 aromatic carbocycles. The molecule has 0 aliphatic carbocycles.